The molecule has 3 heteroatoms. The van der Waals surface area contributed by atoms with Crippen LogP contribution in [0, 0.1) is 0 Å². The van der Waals surface area contributed by atoms with Crippen LogP contribution in [0.3, 0.4) is 0 Å². The number of hydrogen-bond donors (Lipinski definition) is 0. The number of fused-ring (bicyclic) bond motifs is 1. The summed E-state index contributed by atoms with van der Waals surface area (Å²) in [6.45, 7) is 6.66. The molecule has 0 spiro atoms. The Hall–Kier alpha value is -2.29. The molecule has 0 bridgehead atoms. The molecule has 0 aliphatic carbocycles. The summed E-state index contributed by atoms with van der Waals surface area (Å²) in [5, 5.41) is 2.32. The second-order valence-electron chi connectivity index (χ2n) is 6.43. The third-order valence-corrected chi connectivity index (χ3v) is 3.67. The fourth-order valence-electron chi connectivity index (χ4n) is 2.63. The van der Waals surface area contributed by atoms with Crippen LogP contribution in [0.15, 0.2) is 54.7 Å². The Morgan fingerprint density at radius 1 is 0.955 bits per heavy atom. The van der Waals surface area contributed by atoms with E-state index in [4.69, 9.17) is 12.6 Å². The van der Waals surface area contributed by atoms with Gasteiger partial charge in [-0.15, -0.1) is 0 Å². The molecule has 0 fully saturated rings. The number of rotatable bonds is 2. The van der Waals surface area contributed by atoms with E-state index in [0.717, 1.165) is 11.1 Å². The molecule has 0 aliphatic rings. The highest BCUT2D eigenvalue weighted by Crippen LogP contribution is 2.36. The van der Waals surface area contributed by atoms with Crippen molar-refractivity contribution in [1.29, 1.82) is 0 Å². The van der Waals surface area contributed by atoms with Crippen LogP contribution in [-0.4, -0.2) is 12.8 Å². The first-order valence-corrected chi connectivity index (χ1v) is 7.37. The van der Waals surface area contributed by atoms with Gasteiger partial charge in [-0.1, -0.05) is 51.1 Å². The molecule has 0 N–H and O–H groups in total. The van der Waals surface area contributed by atoms with Gasteiger partial charge in [0.05, 0.1) is 0 Å². The Morgan fingerprint density at radius 3 is 2.36 bits per heavy atom. The third kappa shape index (κ3) is 2.84. The van der Waals surface area contributed by atoms with Crippen LogP contribution >= 0.6 is 0 Å². The van der Waals surface area contributed by atoms with E-state index < -0.39 is 0 Å². The van der Waals surface area contributed by atoms with Crippen LogP contribution in [0.5, 0.6) is 11.5 Å². The van der Waals surface area contributed by atoms with Crippen LogP contribution in [-0.2, 0) is 5.41 Å². The number of benzene rings is 2. The molecule has 22 heavy (non-hydrogen) atoms. The monoisotopic (exact) mass is 287 g/mol. The highest BCUT2D eigenvalue weighted by atomic mass is 16.5. The minimum Gasteiger partial charge on any atom is -0.457 e. The van der Waals surface area contributed by atoms with E-state index in [9.17, 15) is 0 Å². The van der Waals surface area contributed by atoms with Crippen LogP contribution in [0.4, 0.5) is 0 Å². The summed E-state index contributed by atoms with van der Waals surface area (Å²) < 4.78 is 6.02. The van der Waals surface area contributed by atoms with Crippen molar-refractivity contribution in [3.05, 3.63) is 60.3 Å². The van der Waals surface area contributed by atoms with Gasteiger partial charge in [-0.2, -0.15) is 0 Å². The number of ether oxygens (including phenoxy) is 1. The standard InChI is InChI=1S/C19H18BNO/c1-19(2,3)16-8-9-17(15-7-5-4-6-14(15)16)22-13-10-11-21-18(20)12-13/h4-12H,1-3H3. The van der Waals surface area contributed by atoms with Gasteiger partial charge in [0.2, 0.25) is 0 Å². The molecule has 1 aromatic heterocycles. The van der Waals surface area contributed by atoms with E-state index >= 15 is 0 Å². The average molecular weight is 287 g/mol. The number of nitrogens with zero attached hydrogens (tertiary/aromatic N) is 1. The molecule has 0 aliphatic heterocycles. The normalized spacial score (nSPS) is 11.6. The summed E-state index contributed by atoms with van der Waals surface area (Å²) in [6, 6.07) is 16.0. The zero-order valence-corrected chi connectivity index (χ0v) is 13.1. The molecule has 2 radical (unpaired) electrons. The van der Waals surface area contributed by atoms with Gasteiger partial charge in [0.1, 0.15) is 19.3 Å². The fraction of sp³-hybridized carbons (Fsp3) is 0.211. The molecular formula is C19H18BNO. The minimum atomic E-state index is 0.0826. The fourth-order valence-corrected chi connectivity index (χ4v) is 2.63. The molecule has 3 rings (SSSR count). The Labute approximate surface area is 132 Å². The van der Waals surface area contributed by atoms with Crippen molar-refractivity contribution >= 4 is 24.2 Å². The predicted molar refractivity (Wildman–Crippen MR) is 92.3 cm³/mol. The summed E-state index contributed by atoms with van der Waals surface area (Å²) in [6.07, 6.45) is 1.65. The number of aromatic nitrogens is 1. The topological polar surface area (TPSA) is 22.1 Å². The van der Waals surface area contributed by atoms with Crippen molar-refractivity contribution in [1.82, 2.24) is 4.98 Å². The first-order valence-electron chi connectivity index (χ1n) is 7.37. The number of hydrogen-bond acceptors (Lipinski definition) is 2. The largest absolute Gasteiger partial charge is 0.457 e. The molecule has 0 atom stereocenters. The molecule has 0 amide bonds. The van der Waals surface area contributed by atoms with Crippen LogP contribution < -0.4 is 10.3 Å². The third-order valence-electron chi connectivity index (χ3n) is 3.67. The molecular weight excluding hydrogens is 269 g/mol. The van der Waals surface area contributed by atoms with Gasteiger partial charge in [-0.25, -0.2) is 0 Å². The molecule has 0 saturated heterocycles. The van der Waals surface area contributed by atoms with E-state index in [1.165, 1.54) is 10.9 Å². The number of pyridine rings is 1. The molecule has 3 aromatic rings. The Kier molecular flexibility index (Phi) is 3.65. The van der Waals surface area contributed by atoms with Crippen LogP contribution in [0.1, 0.15) is 26.3 Å². The van der Waals surface area contributed by atoms with Crippen molar-refractivity contribution in [3.8, 4) is 11.5 Å². The minimum absolute atomic E-state index is 0.0826. The SMILES string of the molecule is [B]c1cc(Oc2ccc(C(C)(C)C)c3ccccc23)ccn1. The van der Waals surface area contributed by atoms with Gasteiger partial charge < -0.3 is 4.74 Å². The summed E-state index contributed by atoms with van der Waals surface area (Å²) in [4.78, 5) is 3.99. The summed E-state index contributed by atoms with van der Waals surface area (Å²) >= 11 is 0. The lowest BCUT2D eigenvalue weighted by Gasteiger charge is -2.22. The van der Waals surface area contributed by atoms with E-state index in [0.29, 0.717) is 11.3 Å². The van der Waals surface area contributed by atoms with Gasteiger partial charge in [-0.05, 0) is 40.2 Å². The molecule has 2 nitrogen and oxygen atoms in total. The van der Waals surface area contributed by atoms with Gasteiger partial charge in [0, 0.05) is 11.6 Å². The van der Waals surface area contributed by atoms with Crippen LogP contribution in [0.25, 0.3) is 10.8 Å². The summed E-state index contributed by atoms with van der Waals surface area (Å²) in [7, 11) is 5.71. The quantitative estimate of drug-likeness (QED) is 0.661. The lowest BCUT2D eigenvalue weighted by molar-refractivity contribution is 0.487. The van der Waals surface area contributed by atoms with E-state index in [-0.39, 0.29) is 5.41 Å². The summed E-state index contributed by atoms with van der Waals surface area (Å²) in [5.41, 5.74) is 1.84. The maximum atomic E-state index is 6.02. The highest BCUT2D eigenvalue weighted by Gasteiger charge is 2.18. The second-order valence-corrected chi connectivity index (χ2v) is 6.43. The predicted octanol–water partition coefficient (Wildman–Crippen LogP) is 4.12. The lowest BCUT2D eigenvalue weighted by Crippen LogP contribution is -2.11. The lowest BCUT2D eigenvalue weighted by atomic mass is 9.83. The van der Waals surface area contributed by atoms with Gasteiger partial charge >= 0.3 is 0 Å². The molecule has 108 valence electrons. The molecule has 1 heterocycles. The Morgan fingerprint density at radius 2 is 1.68 bits per heavy atom. The Bertz CT molecular complexity index is 821. The van der Waals surface area contributed by atoms with E-state index in [1.54, 1.807) is 12.3 Å². The zero-order chi connectivity index (χ0) is 15.7. The smallest absolute Gasteiger partial charge is 0.141 e. The molecule has 2 aromatic carbocycles. The first kappa shape index (κ1) is 14.6. The second kappa shape index (κ2) is 5.49. The van der Waals surface area contributed by atoms with E-state index in [1.807, 2.05) is 18.2 Å². The van der Waals surface area contributed by atoms with Crippen molar-refractivity contribution in [2.24, 2.45) is 0 Å². The first-order chi connectivity index (χ1) is 10.4. The molecule has 0 unspecified atom stereocenters. The van der Waals surface area contributed by atoms with Crippen molar-refractivity contribution in [2.45, 2.75) is 26.2 Å². The zero-order valence-electron chi connectivity index (χ0n) is 13.1. The van der Waals surface area contributed by atoms with Crippen molar-refractivity contribution < 1.29 is 4.74 Å². The summed E-state index contributed by atoms with van der Waals surface area (Å²) in [5.74, 6) is 1.52. The highest BCUT2D eigenvalue weighted by molar-refractivity contribution is 6.30. The van der Waals surface area contributed by atoms with Crippen LogP contribution in [0.2, 0.25) is 0 Å². The van der Waals surface area contributed by atoms with E-state index in [2.05, 4.69) is 50.0 Å². The van der Waals surface area contributed by atoms with Gasteiger partial charge in [-0.3, -0.25) is 4.98 Å². The maximum Gasteiger partial charge on any atom is 0.141 e. The van der Waals surface area contributed by atoms with Gasteiger partial charge in [0.15, 0.2) is 0 Å². The maximum absolute atomic E-state index is 6.02. The molecule has 0 saturated carbocycles. The van der Waals surface area contributed by atoms with Gasteiger partial charge in [0.25, 0.3) is 0 Å². The Balaban J connectivity index is 2.12. The van der Waals surface area contributed by atoms with Crippen molar-refractivity contribution in [3.63, 3.8) is 0 Å². The van der Waals surface area contributed by atoms with Crippen molar-refractivity contribution in [2.75, 3.05) is 0 Å². The average Bonchev–Trinajstić information content (AvgIpc) is 2.46.